The Morgan fingerprint density at radius 1 is 1.18 bits per heavy atom. The predicted molar refractivity (Wildman–Crippen MR) is 87.5 cm³/mol. The first-order valence-corrected chi connectivity index (χ1v) is 7.49. The highest BCUT2D eigenvalue weighted by molar-refractivity contribution is 5.76. The monoisotopic (exact) mass is 299 g/mol. The zero-order chi connectivity index (χ0) is 16.1. The number of aldehydes is 1. The molecule has 1 aromatic carbocycles. The Morgan fingerprint density at radius 2 is 1.91 bits per heavy atom. The normalized spacial score (nSPS) is 10.7. The first-order chi connectivity index (χ1) is 10.6. The molecule has 2 rings (SSSR count). The molecule has 0 aliphatic heterocycles. The maximum Gasteiger partial charge on any atom is 0.261 e. The van der Waals surface area contributed by atoms with Crippen LogP contribution in [0.3, 0.4) is 0 Å². The number of rotatable bonds is 6. The van der Waals surface area contributed by atoms with E-state index in [1.807, 2.05) is 31.2 Å². The third kappa shape index (κ3) is 3.27. The Balaban J connectivity index is 2.55. The van der Waals surface area contributed by atoms with E-state index in [4.69, 9.17) is 4.74 Å². The third-order valence-corrected chi connectivity index (χ3v) is 3.38. The first-order valence-electron chi connectivity index (χ1n) is 7.49. The summed E-state index contributed by atoms with van der Waals surface area (Å²) < 4.78 is 7.46. The minimum absolute atomic E-state index is 0.172. The quantitative estimate of drug-likeness (QED) is 0.768. The molecule has 1 heterocycles. The van der Waals surface area contributed by atoms with Crippen molar-refractivity contribution >= 4 is 6.29 Å². The second-order valence-corrected chi connectivity index (χ2v) is 5.54. The molecular weight excluding hydrogens is 278 g/mol. The Labute approximate surface area is 130 Å². The molecule has 0 saturated carbocycles. The van der Waals surface area contributed by atoms with Crippen molar-refractivity contribution in [1.82, 2.24) is 4.57 Å². The molecule has 0 aliphatic rings. The molecule has 0 amide bonds. The lowest BCUT2D eigenvalue weighted by molar-refractivity contribution is 0.112. The van der Waals surface area contributed by atoms with Crippen LogP contribution in [0.2, 0.25) is 0 Å². The average molecular weight is 299 g/mol. The van der Waals surface area contributed by atoms with Crippen molar-refractivity contribution in [2.75, 3.05) is 6.61 Å². The highest BCUT2D eigenvalue weighted by Crippen LogP contribution is 2.29. The molecule has 22 heavy (non-hydrogen) atoms. The van der Waals surface area contributed by atoms with Crippen LogP contribution in [0.4, 0.5) is 0 Å². The molecule has 2 aromatic rings. The van der Waals surface area contributed by atoms with E-state index >= 15 is 0 Å². The average Bonchev–Trinajstić information content (AvgIpc) is 2.53. The first kappa shape index (κ1) is 16.0. The number of pyridine rings is 1. The largest absolute Gasteiger partial charge is 0.493 e. The van der Waals surface area contributed by atoms with E-state index in [0.29, 0.717) is 25.4 Å². The molecule has 0 radical (unpaired) electrons. The van der Waals surface area contributed by atoms with Gasteiger partial charge < -0.3 is 9.30 Å². The Hall–Kier alpha value is -2.36. The lowest BCUT2D eigenvalue weighted by atomic mass is 10.1. The van der Waals surface area contributed by atoms with Gasteiger partial charge in [0.25, 0.3) is 5.56 Å². The fourth-order valence-electron chi connectivity index (χ4n) is 2.29. The Kier molecular flexibility index (Phi) is 5.15. The van der Waals surface area contributed by atoms with E-state index in [1.165, 1.54) is 0 Å². The van der Waals surface area contributed by atoms with Crippen molar-refractivity contribution in [3.05, 3.63) is 52.3 Å². The molecule has 0 fully saturated rings. The van der Waals surface area contributed by atoms with Gasteiger partial charge >= 0.3 is 0 Å². The molecule has 116 valence electrons. The number of para-hydroxylation sites is 1. The molecular formula is C18H21NO3. The maximum atomic E-state index is 12.3. The van der Waals surface area contributed by atoms with Gasteiger partial charge in [-0.2, -0.15) is 0 Å². The molecule has 0 saturated heterocycles. The molecule has 0 aliphatic carbocycles. The van der Waals surface area contributed by atoms with Gasteiger partial charge in [-0.15, -0.1) is 0 Å². The Morgan fingerprint density at radius 3 is 2.55 bits per heavy atom. The van der Waals surface area contributed by atoms with Gasteiger partial charge in [0.05, 0.1) is 17.9 Å². The van der Waals surface area contributed by atoms with E-state index in [1.54, 1.807) is 16.7 Å². The minimum atomic E-state index is -0.270. The number of hydrogen-bond acceptors (Lipinski definition) is 3. The fraction of sp³-hybridized carbons (Fsp3) is 0.333. The number of aromatic nitrogens is 1. The summed E-state index contributed by atoms with van der Waals surface area (Å²) in [5, 5.41) is 0. The van der Waals surface area contributed by atoms with Crippen LogP contribution in [-0.4, -0.2) is 17.5 Å². The van der Waals surface area contributed by atoms with Gasteiger partial charge in [-0.1, -0.05) is 26.0 Å². The van der Waals surface area contributed by atoms with Crippen molar-refractivity contribution in [2.24, 2.45) is 5.92 Å². The Bertz CT molecular complexity index is 717. The van der Waals surface area contributed by atoms with Crippen molar-refractivity contribution < 1.29 is 9.53 Å². The number of carbonyl (C=O) groups excluding carboxylic acids is 1. The number of benzene rings is 1. The molecule has 1 aromatic heterocycles. The van der Waals surface area contributed by atoms with Gasteiger partial charge in [0.2, 0.25) is 0 Å². The second-order valence-electron chi connectivity index (χ2n) is 5.54. The lowest BCUT2D eigenvalue weighted by Gasteiger charge is -2.16. The summed E-state index contributed by atoms with van der Waals surface area (Å²) in [6, 6.07) is 11.0. The van der Waals surface area contributed by atoms with Crippen molar-refractivity contribution in [2.45, 2.75) is 27.3 Å². The predicted octanol–water partition coefficient (Wildman–Crippen LogP) is 3.38. The summed E-state index contributed by atoms with van der Waals surface area (Å²) in [5.74, 6) is 1.16. The van der Waals surface area contributed by atoms with Crippen LogP contribution in [0.1, 0.15) is 31.1 Å². The summed E-state index contributed by atoms with van der Waals surface area (Å²) in [5.41, 5.74) is 1.52. The zero-order valence-corrected chi connectivity index (χ0v) is 13.2. The lowest BCUT2D eigenvalue weighted by Crippen LogP contribution is -2.24. The molecule has 4 nitrogen and oxygen atoms in total. The van der Waals surface area contributed by atoms with Crippen LogP contribution in [-0.2, 0) is 6.54 Å². The molecule has 4 heteroatoms. The summed E-state index contributed by atoms with van der Waals surface area (Å²) in [6.07, 6.45) is 0.597. The van der Waals surface area contributed by atoms with Crippen molar-refractivity contribution in [3.63, 3.8) is 0 Å². The van der Waals surface area contributed by atoms with Crippen LogP contribution in [0.25, 0.3) is 11.3 Å². The van der Waals surface area contributed by atoms with Gasteiger partial charge in [-0.05, 0) is 37.1 Å². The number of ether oxygens (including phenoxy) is 1. The van der Waals surface area contributed by atoms with E-state index in [0.717, 1.165) is 17.0 Å². The summed E-state index contributed by atoms with van der Waals surface area (Å²) >= 11 is 0. The van der Waals surface area contributed by atoms with Crippen LogP contribution in [0.5, 0.6) is 5.75 Å². The van der Waals surface area contributed by atoms with E-state index < -0.39 is 0 Å². The van der Waals surface area contributed by atoms with Gasteiger partial charge in [0.1, 0.15) is 5.75 Å². The maximum absolute atomic E-state index is 12.3. The molecule has 0 bridgehead atoms. The van der Waals surface area contributed by atoms with E-state index in [2.05, 4.69) is 13.8 Å². The van der Waals surface area contributed by atoms with Gasteiger partial charge in [-0.3, -0.25) is 9.59 Å². The van der Waals surface area contributed by atoms with Gasteiger partial charge in [0, 0.05) is 12.1 Å². The van der Waals surface area contributed by atoms with Crippen LogP contribution < -0.4 is 10.3 Å². The number of carbonyl (C=O) groups is 1. The smallest absolute Gasteiger partial charge is 0.261 e. The van der Waals surface area contributed by atoms with E-state index in [-0.39, 0.29) is 11.1 Å². The second kappa shape index (κ2) is 7.07. The van der Waals surface area contributed by atoms with Crippen LogP contribution in [0.15, 0.2) is 41.2 Å². The number of hydrogen-bond donors (Lipinski definition) is 0. The van der Waals surface area contributed by atoms with Gasteiger partial charge in [-0.25, -0.2) is 0 Å². The highest BCUT2D eigenvalue weighted by atomic mass is 16.5. The zero-order valence-electron chi connectivity index (χ0n) is 13.2. The van der Waals surface area contributed by atoms with E-state index in [9.17, 15) is 9.59 Å². The molecule has 0 spiro atoms. The number of nitrogens with zero attached hydrogens (tertiary/aromatic N) is 1. The van der Waals surface area contributed by atoms with Crippen LogP contribution >= 0.6 is 0 Å². The highest BCUT2D eigenvalue weighted by Gasteiger charge is 2.13. The fourth-order valence-corrected chi connectivity index (χ4v) is 2.29. The summed E-state index contributed by atoms with van der Waals surface area (Å²) in [6.45, 7) is 7.16. The molecule has 0 unspecified atom stereocenters. The van der Waals surface area contributed by atoms with Gasteiger partial charge in [0.15, 0.2) is 6.29 Å². The standard InChI is InChI=1S/C18H21NO3/c1-4-19-16(10-9-14(11-20)18(19)21)15-7-5-6-8-17(15)22-12-13(2)3/h5-11,13H,4,12H2,1-3H3. The third-order valence-electron chi connectivity index (χ3n) is 3.38. The van der Waals surface area contributed by atoms with Crippen LogP contribution in [0, 0.1) is 5.92 Å². The minimum Gasteiger partial charge on any atom is -0.493 e. The van der Waals surface area contributed by atoms with Crippen molar-refractivity contribution in [1.29, 1.82) is 0 Å². The molecule has 0 N–H and O–H groups in total. The van der Waals surface area contributed by atoms with Crippen molar-refractivity contribution in [3.8, 4) is 17.0 Å². The summed E-state index contributed by atoms with van der Waals surface area (Å²) in [7, 11) is 0. The topological polar surface area (TPSA) is 48.3 Å². The molecule has 0 atom stereocenters. The SMILES string of the molecule is CCn1c(-c2ccccc2OCC(C)C)ccc(C=O)c1=O. The summed E-state index contributed by atoms with van der Waals surface area (Å²) in [4.78, 5) is 23.2.